The number of pyridine rings is 1. The summed E-state index contributed by atoms with van der Waals surface area (Å²) in [6, 6.07) is 4.92. The normalized spacial score (nSPS) is 17.3. The van der Waals surface area contributed by atoms with Gasteiger partial charge in [-0.3, -0.25) is 19.1 Å². The molecule has 1 fully saturated rings. The number of nitrogens with zero attached hydrogens (tertiary/aromatic N) is 4. The molecule has 4 heterocycles. The third-order valence-corrected chi connectivity index (χ3v) is 8.71. The van der Waals surface area contributed by atoms with Crippen molar-refractivity contribution >= 4 is 22.5 Å². The molecule has 6 rings (SSSR count). The molecule has 2 aromatic carbocycles. The third kappa shape index (κ3) is 5.97. The fraction of sp³-hybridized carbons (Fsp3) is 0.394. The van der Waals surface area contributed by atoms with Gasteiger partial charge in [0, 0.05) is 31.5 Å². The number of carbonyl (C=O) groups excluding carboxylic acids is 1. The summed E-state index contributed by atoms with van der Waals surface area (Å²) in [6.07, 6.45) is 0.0163. The van der Waals surface area contributed by atoms with Crippen LogP contribution in [0.3, 0.4) is 0 Å². The number of halogens is 4. The first-order chi connectivity index (χ1) is 22.4. The second kappa shape index (κ2) is 12.5. The van der Waals surface area contributed by atoms with Crippen molar-refractivity contribution < 1.29 is 31.8 Å². The predicted molar refractivity (Wildman–Crippen MR) is 166 cm³/mol. The number of ether oxygens (including phenoxy) is 2. The van der Waals surface area contributed by atoms with Crippen molar-refractivity contribution in [3.05, 3.63) is 91.6 Å². The minimum atomic E-state index is -4.57. The summed E-state index contributed by atoms with van der Waals surface area (Å²) >= 11 is 0. The van der Waals surface area contributed by atoms with Gasteiger partial charge in [0.05, 0.1) is 48.2 Å². The van der Waals surface area contributed by atoms with Crippen molar-refractivity contribution in [3.63, 3.8) is 0 Å². The average molecular weight is 656 g/mol. The number of nitrogens with one attached hydrogen (secondary N) is 1. The first kappa shape index (κ1) is 32.2. The Hall–Kier alpha value is -4.72. The topological polar surface area (TPSA) is 108 Å². The monoisotopic (exact) mass is 655 g/mol. The Morgan fingerprint density at radius 1 is 1.17 bits per heavy atom. The minimum absolute atomic E-state index is 0.0268. The van der Waals surface area contributed by atoms with Gasteiger partial charge in [-0.1, -0.05) is 6.07 Å². The SMILES string of the molecule is Cc1cc(N2CCOC[C@@H]2C(F)(F)F)cc(F)c1C(=O)N[C@H](C)Cc1ccc(-n2c(=O)c3ccncc3n(C)c2=O)c2c1CCCO2. The third-order valence-electron chi connectivity index (χ3n) is 8.71. The molecule has 0 radical (unpaired) electrons. The van der Waals surface area contributed by atoms with Crippen LogP contribution in [0.15, 0.2) is 52.3 Å². The van der Waals surface area contributed by atoms with Crippen LogP contribution in [0.5, 0.6) is 5.75 Å². The molecular weight excluding hydrogens is 622 g/mol. The van der Waals surface area contributed by atoms with E-state index in [1.807, 2.05) is 0 Å². The lowest BCUT2D eigenvalue weighted by molar-refractivity contribution is -0.167. The van der Waals surface area contributed by atoms with Crippen LogP contribution >= 0.6 is 0 Å². The lowest BCUT2D eigenvalue weighted by atomic mass is 9.94. The largest absolute Gasteiger partial charge is 0.491 e. The fourth-order valence-electron chi connectivity index (χ4n) is 6.43. The number of aryl methyl sites for hydroxylation is 2. The van der Waals surface area contributed by atoms with Crippen molar-refractivity contribution in [1.29, 1.82) is 0 Å². The maximum absolute atomic E-state index is 15.4. The van der Waals surface area contributed by atoms with Crippen LogP contribution in [0, 0.1) is 12.7 Å². The molecule has 0 unspecified atom stereocenters. The second-order valence-electron chi connectivity index (χ2n) is 11.9. The van der Waals surface area contributed by atoms with E-state index in [-0.39, 0.29) is 30.0 Å². The number of morpholine rings is 1. The van der Waals surface area contributed by atoms with Crippen molar-refractivity contribution in [2.75, 3.05) is 31.3 Å². The lowest BCUT2D eigenvalue weighted by Crippen LogP contribution is -2.53. The van der Waals surface area contributed by atoms with E-state index in [0.717, 1.165) is 26.7 Å². The molecule has 0 saturated carbocycles. The maximum atomic E-state index is 15.4. The number of rotatable bonds is 6. The molecule has 2 atom stereocenters. The summed E-state index contributed by atoms with van der Waals surface area (Å²) in [7, 11) is 1.56. The van der Waals surface area contributed by atoms with Gasteiger partial charge in [0.1, 0.15) is 17.6 Å². The number of benzene rings is 2. The summed E-state index contributed by atoms with van der Waals surface area (Å²) in [5.41, 5.74) is 1.27. The van der Waals surface area contributed by atoms with E-state index < -0.39 is 47.8 Å². The molecule has 2 aliphatic heterocycles. The molecule has 4 aromatic rings. The summed E-state index contributed by atoms with van der Waals surface area (Å²) in [6.45, 7) is 3.06. The van der Waals surface area contributed by atoms with E-state index in [1.54, 1.807) is 32.2 Å². The van der Waals surface area contributed by atoms with Crippen molar-refractivity contribution in [1.82, 2.24) is 19.4 Å². The fourth-order valence-corrected chi connectivity index (χ4v) is 6.43. The molecule has 1 amide bonds. The van der Waals surface area contributed by atoms with Crippen LogP contribution in [0.2, 0.25) is 0 Å². The molecule has 10 nitrogen and oxygen atoms in total. The number of aromatic nitrogens is 3. The van der Waals surface area contributed by atoms with Gasteiger partial charge in [-0.25, -0.2) is 13.8 Å². The maximum Gasteiger partial charge on any atom is 0.411 e. The predicted octanol–water partition coefficient (Wildman–Crippen LogP) is 3.99. The van der Waals surface area contributed by atoms with E-state index in [2.05, 4.69) is 10.3 Å². The Kier molecular flexibility index (Phi) is 8.55. The first-order valence-corrected chi connectivity index (χ1v) is 15.2. The van der Waals surface area contributed by atoms with E-state index >= 15 is 4.39 Å². The van der Waals surface area contributed by atoms with E-state index in [1.165, 1.54) is 30.0 Å². The molecule has 2 aliphatic rings. The zero-order chi connectivity index (χ0) is 33.6. The Bertz CT molecular complexity index is 1970. The highest BCUT2D eigenvalue weighted by Crippen LogP contribution is 2.35. The molecular formula is C33H33F4N5O5. The number of fused-ring (bicyclic) bond motifs is 2. The van der Waals surface area contributed by atoms with Crippen LogP contribution in [0.25, 0.3) is 16.6 Å². The number of alkyl halides is 3. The van der Waals surface area contributed by atoms with E-state index in [9.17, 15) is 27.6 Å². The van der Waals surface area contributed by atoms with Crippen LogP contribution < -0.4 is 26.2 Å². The van der Waals surface area contributed by atoms with Crippen LogP contribution in [0.4, 0.5) is 23.2 Å². The first-order valence-electron chi connectivity index (χ1n) is 15.2. The van der Waals surface area contributed by atoms with Gasteiger partial charge in [-0.05, 0) is 74.1 Å². The molecule has 248 valence electrons. The van der Waals surface area contributed by atoms with Gasteiger partial charge in [0.25, 0.3) is 11.5 Å². The van der Waals surface area contributed by atoms with Gasteiger partial charge in [0.2, 0.25) is 0 Å². The van der Waals surface area contributed by atoms with Gasteiger partial charge < -0.3 is 19.7 Å². The molecule has 1 saturated heterocycles. The smallest absolute Gasteiger partial charge is 0.411 e. The Morgan fingerprint density at radius 3 is 2.70 bits per heavy atom. The molecule has 0 spiro atoms. The van der Waals surface area contributed by atoms with E-state index in [4.69, 9.17) is 9.47 Å². The van der Waals surface area contributed by atoms with Crippen molar-refractivity contribution in [2.24, 2.45) is 7.05 Å². The minimum Gasteiger partial charge on any atom is -0.491 e. The Labute approximate surface area is 266 Å². The van der Waals surface area contributed by atoms with Crippen molar-refractivity contribution in [3.8, 4) is 11.4 Å². The summed E-state index contributed by atoms with van der Waals surface area (Å²) in [4.78, 5) is 45.2. The van der Waals surface area contributed by atoms with E-state index in [0.29, 0.717) is 48.2 Å². The highest BCUT2D eigenvalue weighted by molar-refractivity contribution is 5.96. The molecule has 14 heteroatoms. The summed E-state index contributed by atoms with van der Waals surface area (Å²) in [5.74, 6) is -1.21. The number of anilines is 1. The van der Waals surface area contributed by atoms with Gasteiger partial charge in [-0.15, -0.1) is 0 Å². The Morgan fingerprint density at radius 2 is 1.96 bits per heavy atom. The van der Waals surface area contributed by atoms with Gasteiger partial charge >= 0.3 is 11.9 Å². The quantitative estimate of drug-likeness (QED) is 0.313. The zero-order valence-corrected chi connectivity index (χ0v) is 26.0. The van der Waals surface area contributed by atoms with Gasteiger partial charge in [-0.2, -0.15) is 13.2 Å². The molecule has 0 bridgehead atoms. The Balaban J connectivity index is 1.26. The molecule has 1 N–H and O–H groups in total. The van der Waals surface area contributed by atoms with Crippen LogP contribution in [-0.2, 0) is 24.6 Å². The molecule has 0 aliphatic carbocycles. The van der Waals surface area contributed by atoms with Crippen molar-refractivity contribution in [2.45, 2.75) is 51.4 Å². The number of amides is 1. The highest BCUT2D eigenvalue weighted by Gasteiger charge is 2.45. The molecule has 47 heavy (non-hydrogen) atoms. The number of hydrogen-bond acceptors (Lipinski definition) is 7. The number of hydrogen-bond donors (Lipinski definition) is 1. The second-order valence-corrected chi connectivity index (χ2v) is 11.9. The zero-order valence-electron chi connectivity index (χ0n) is 26.0. The molecule has 2 aromatic heterocycles. The highest BCUT2D eigenvalue weighted by atomic mass is 19.4. The van der Waals surface area contributed by atoms with Gasteiger partial charge in [0.15, 0.2) is 0 Å². The van der Waals surface area contributed by atoms with Crippen LogP contribution in [-0.4, -0.2) is 64.7 Å². The lowest BCUT2D eigenvalue weighted by Gasteiger charge is -2.38. The standard InChI is InChI=1S/C33H33F4N5O5/c1-18-13-21(41-10-12-46-17-27(41)33(35,36)37)15-24(34)28(18)30(43)39-19(2)14-20-6-7-25(29-22(20)5-4-11-47-29)42-31(44)23-8-9-38-16-26(23)40(3)32(42)45/h6-9,13,15-16,19,27H,4-5,10-12,14,17H2,1-3H3,(H,39,43)/t19-,27-/m1/s1. The number of carbonyl (C=O) groups is 1. The summed E-state index contributed by atoms with van der Waals surface area (Å²) in [5, 5.41) is 3.14. The summed E-state index contributed by atoms with van der Waals surface area (Å²) < 4.78 is 69.7. The average Bonchev–Trinajstić information content (AvgIpc) is 3.04. The van der Waals surface area contributed by atoms with Crippen LogP contribution in [0.1, 0.15) is 40.4 Å².